The molecule has 3 N–H and O–H groups in total. The van der Waals surface area contributed by atoms with Crippen LogP contribution in [0.3, 0.4) is 0 Å². The minimum Gasteiger partial charge on any atom is -0.536 e. The summed E-state index contributed by atoms with van der Waals surface area (Å²) in [6.45, 7) is 14.8. The monoisotopic (exact) mass is 1100 g/mol. The van der Waals surface area contributed by atoms with Crippen LogP contribution in [-0.2, 0) is 89.0 Å². The van der Waals surface area contributed by atoms with Crippen molar-refractivity contribution in [3.05, 3.63) is 45.5 Å². The fraction of sp³-hybridized carbons (Fsp3) is 0.725. The van der Waals surface area contributed by atoms with Gasteiger partial charge in [-0.2, -0.15) is 0 Å². The Kier molecular flexibility index (Phi) is 28.1. The number of carbonyl (C=O) groups excluding carboxylic acids is 5. The molecule has 2 fully saturated rings. The Morgan fingerprint density at radius 3 is 1.99 bits per heavy atom. The predicted molar refractivity (Wildman–Crippen MR) is 278 cm³/mol. The van der Waals surface area contributed by atoms with Gasteiger partial charge in [-0.1, -0.05) is 32.8 Å². The van der Waals surface area contributed by atoms with Crippen LogP contribution < -0.4 is 15.3 Å². The van der Waals surface area contributed by atoms with E-state index in [0.29, 0.717) is 130 Å². The van der Waals surface area contributed by atoms with E-state index in [9.17, 15) is 29.0 Å². The molecule has 3 aliphatic rings. The number of azide groups is 1. The van der Waals surface area contributed by atoms with Crippen LogP contribution in [0.15, 0.2) is 23.3 Å². The van der Waals surface area contributed by atoms with Crippen LogP contribution in [0.4, 0.5) is 4.79 Å². The Balaban J connectivity index is 0.891. The van der Waals surface area contributed by atoms with Crippen molar-refractivity contribution in [2.75, 3.05) is 145 Å². The number of piperidine rings is 1. The number of fused-ring (bicyclic) bond motifs is 5. The summed E-state index contributed by atoms with van der Waals surface area (Å²) in [7, 11) is -1.00. The number of cyclic esters (lactones) is 1. The predicted octanol–water partition coefficient (Wildman–Crippen LogP) is 2.88. The number of hydrogen-bond donors (Lipinski definition) is 3. The molecule has 0 saturated carbocycles. The molecule has 78 heavy (non-hydrogen) atoms. The number of amides is 3. The first-order chi connectivity index (χ1) is 37.8. The van der Waals surface area contributed by atoms with Crippen LogP contribution >= 0.6 is 0 Å². The van der Waals surface area contributed by atoms with Crippen molar-refractivity contribution in [3.63, 3.8) is 0 Å². The zero-order chi connectivity index (χ0) is 56.1. The van der Waals surface area contributed by atoms with Crippen molar-refractivity contribution < 1.29 is 90.5 Å². The molecule has 0 spiro atoms. The van der Waals surface area contributed by atoms with Crippen LogP contribution in [0.25, 0.3) is 21.3 Å². The molecule has 5 unspecified atom stereocenters. The fourth-order valence-electron chi connectivity index (χ4n) is 9.25. The lowest BCUT2D eigenvalue weighted by Crippen LogP contribution is -2.63. The highest BCUT2D eigenvalue weighted by molar-refractivity contribution is 6.41. The van der Waals surface area contributed by atoms with Gasteiger partial charge in [-0.25, -0.2) is 9.59 Å². The van der Waals surface area contributed by atoms with Gasteiger partial charge < -0.3 is 82.1 Å². The fourth-order valence-corrected chi connectivity index (χ4v) is 9.25. The smallest absolute Gasteiger partial charge is 0.519 e. The Morgan fingerprint density at radius 2 is 1.44 bits per heavy atom. The second-order valence-electron chi connectivity index (χ2n) is 18.8. The summed E-state index contributed by atoms with van der Waals surface area (Å²) in [6, 6.07) is 4.22. The highest BCUT2D eigenvalue weighted by atomic mass is 16.7. The lowest BCUT2D eigenvalue weighted by molar-refractivity contribution is -0.206. The number of hydrogen-bond acceptors (Lipinski definition) is 21. The van der Waals surface area contributed by atoms with E-state index in [1.807, 2.05) is 32.9 Å². The van der Waals surface area contributed by atoms with Crippen LogP contribution in [0.5, 0.6) is 5.75 Å². The molecule has 0 aliphatic carbocycles. The number of nitrogens with one attached hydrogen (secondary N) is 2. The molecule has 5 rings (SSSR count). The SMILES string of the molecule is CCc1c2c(nc3ccc(OB(C)O)cc13)C1CC3C(COC(=O)C3(CC)OC(=O)OCC(NC(=O)COCC(=O)NCCOCCOCCOCCOCCOCCOCCOCCOCCN=[N+]=[N-])C(C)C)C(=O)N1C2. The van der Waals surface area contributed by atoms with Crippen molar-refractivity contribution in [1.29, 1.82) is 0 Å². The molecule has 0 bridgehead atoms. The zero-order valence-corrected chi connectivity index (χ0v) is 45.6. The molecular formula is C51H78BN7O19. The molecular weight excluding hydrogens is 1030 g/mol. The molecule has 27 heteroatoms. The first-order valence-corrected chi connectivity index (χ1v) is 26.7. The lowest BCUT2D eigenvalue weighted by atomic mass is 9.68. The van der Waals surface area contributed by atoms with Gasteiger partial charge in [0.15, 0.2) is 0 Å². The van der Waals surface area contributed by atoms with E-state index in [1.165, 1.54) is 6.82 Å². The van der Waals surface area contributed by atoms with Crippen molar-refractivity contribution >= 4 is 47.9 Å². The molecule has 2 saturated heterocycles. The maximum atomic E-state index is 14.3. The third kappa shape index (κ3) is 19.7. The molecule has 434 valence electrons. The molecule has 1 aromatic heterocycles. The summed E-state index contributed by atoms with van der Waals surface area (Å²) in [4.78, 5) is 76.0. The number of esters is 1. The maximum absolute atomic E-state index is 14.3. The number of benzene rings is 1. The van der Waals surface area contributed by atoms with E-state index < -0.39 is 67.2 Å². The molecule has 3 aliphatic heterocycles. The van der Waals surface area contributed by atoms with Gasteiger partial charge in [0.25, 0.3) is 0 Å². The van der Waals surface area contributed by atoms with E-state index >= 15 is 0 Å². The summed E-state index contributed by atoms with van der Waals surface area (Å²) in [5.74, 6) is -3.23. The summed E-state index contributed by atoms with van der Waals surface area (Å²) in [5, 5.41) is 19.4. The van der Waals surface area contributed by atoms with Gasteiger partial charge in [0, 0.05) is 35.9 Å². The van der Waals surface area contributed by atoms with Gasteiger partial charge >= 0.3 is 19.2 Å². The average molecular weight is 1100 g/mol. The number of rotatable bonds is 40. The minimum absolute atomic E-state index is 0.0131. The second kappa shape index (κ2) is 34.5. The van der Waals surface area contributed by atoms with Gasteiger partial charge in [0.05, 0.1) is 135 Å². The maximum Gasteiger partial charge on any atom is 0.519 e. The molecule has 1 aromatic carbocycles. The molecule has 5 atom stereocenters. The first-order valence-electron chi connectivity index (χ1n) is 26.7. The Hall–Kier alpha value is -5.45. The van der Waals surface area contributed by atoms with Gasteiger partial charge in [-0.05, 0) is 66.9 Å². The summed E-state index contributed by atoms with van der Waals surface area (Å²) >= 11 is 0. The third-order valence-electron chi connectivity index (χ3n) is 13.2. The van der Waals surface area contributed by atoms with Gasteiger partial charge in [-0.15, -0.1) is 0 Å². The lowest BCUT2D eigenvalue weighted by Gasteiger charge is -2.49. The summed E-state index contributed by atoms with van der Waals surface area (Å²) in [6.07, 6.45) is -0.213. The van der Waals surface area contributed by atoms with E-state index in [0.717, 1.165) is 22.2 Å². The van der Waals surface area contributed by atoms with Gasteiger partial charge in [0.2, 0.25) is 23.3 Å². The van der Waals surface area contributed by atoms with Crippen LogP contribution in [-0.4, -0.2) is 209 Å². The number of carbonyl (C=O) groups is 5. The Morgan fingerprint density at radius 1 is 0.859 bits per heavy atom. The molecule has 4 heterocycles. The van der Waals surface area contributed by atoms with Crippen LogP contribution in [0, 0.1) is 17.8 Å². The van der Waals surface area contributed by atoms with Crippen molar-refractivity contribution in [3.8, 4) is 5.75 Å². The molecule has 26 nitrogen and oxygen atoms in total. The standard InChI is InChI=1S/C51H78BN7O19/c1-6-37-38-28-36(78-52(5)65)8-9-42(38)57-47-39(37)30-59-44(47)29-41-40(48(59)62)31-75-49(63)51(41,7-2)77-50(64)76-32-43(35(3)4)56-46(61)34-74-33-45(60)54-10-12-66-14-16-68-18-20-70-22-24-72-26-27-73-25-23-71-21-19-69-17-15-67-13-11-55-58-53/h8-9,28,35,40-41,43-44,65H,6-7,10-27,29-34H2,1-5H3,(H,54,60)(H,56,61). The second-order valence-corrected chi connectivity index (χ2v) is 18.8. The third-order valence-corrected chi connectivity index (χ3v) is 13.2. The van der Waals surface area contributed by atoms with Gasteiger partial charge in [-0.3, -0.25) is 19.4 Å². The highest BCUT2D eigenvalue weighted by Crippen LogP contribution is 2.52. The van der Waals surface area contributed by atoms with Crippen LogP contribution in [0.1, 0.15) is 63.4 Å². The van der Waals surface area contributed by atoms with Crippen LogP contribution in [0.2, 0.25) is 6.82 Å². The first kappa shape index (κ1) is 63.4. The average Bonchev–Trinajstić information content (AvgIpc) is 4.02. The topological polar surface area (TPSA) is 315 Å². The van der Waals surface area contributed by atoms with E-state index in [-0.39, 0.29) is 57.6 Å². The highest BCUT2D eigenvalue weighted by Gasteiger charge is 2.62. The zero-order valence-electron chi connectivity index (χ0n) is 45.6. The quantitative estimate of drug-likeness (QED) is 0.0216. The number of pyridine rings is 1. The van der Waals surface area contributed by atoms with E-state index in [4.69, 9.17) is 72.0 Å². The van der Waals surface area contributed by atoms with Crippen molar-refractivity contribution in [2.24, 2.45) is 22.9 Å². The number of ether oxygens (including phenoxy) is 12. The van der Waals surface area contributed by atoms with E-state index in [2.05, 4.69) is 20.7 Å². The Bertz CT molecular complexity index is 2260. The normalized spacial score (nSPS) is 18.9. The van der Waals surface area contributed by atoms with Crippen molar-refractivity contribution in [2.45, 2.75) is 78.0 Å². The molecule has 3 amide bonds. The van der Waals surface area contributed by atoms with Gasteiger partial charge in [0.1, 0.15) is 32.2 Å². The summed E-state index contributed by atoms with van der Waals surface area (Å²) in [5.41, 5.74) is 9.70. The summed E-state index contributed by atoms with van der Waals surface area (Å²) < 4.78 is 71.3. The van der Waals surface area contributed by atoms with E-state index in [1.54, 1.807) is 17.9 Å². The molecule has 2 aromatic rings. The number of nitrogens with zero attached hydrogens (tertiary/aromatic N) is 5. The molecule has 0 radical (unpaired) electrons. The largest absolute Gasteiger partial charge is 0.536 e. The van der Waals surface area contributed by atoms with Crippen molar-refractivity contribution in [1.82, 2.24) is 20.5 Å². The Labute approximate surface area is 455 Å². The number of aromatic nitrogens is 1. The minimum atomic E-state index is -1.83. The number of aryl methyl sites for hydroxylation is 1.